The van der Waals surface area contributed by atoms with Crippen molar-refractivity contribution in [1.29, 1.82) is 5.26 Å². The molecule has 1 heterocycles. The highest BCUT2D eigenvalue weighted by atomic mass is 16.5. The van der Waals surface area contributed by atoms with Crippen molar-refractivity contribution in [2.45, 2.75) is 26.3 Å². The van der Waals surface area contributed by atoms with Gasteiger partial charge in [-0.25, -0.2) is 4.68 Å². The highest BCUT2D eigenvalue weighted by Crippen LogP contribution is 2.16. The second-order valence-electron chi connectivity index (χ2n) is 4.89. The summed E-state index contributed by atoms with van der Waals surface area (Å²) in [7, 11) is 0. The molecule has 0 saturated heterocycles. The predicted molar refractivity (Wildman–Crippen MR) is 82.5 cm³/mol. The summed E-state index contributed by atoms with van der Waals surface area (Å²) in [6.45, 7) is 4.00. The number of ether oxygens (including phenoxy) is 1. The van der Waals surface area contributed by atoms with Gasteiger partial charge in [0.2, 0.25) is 0 Å². The molecule has 1 aromatic heterocycles. The Morgan fingerprint density at radius 1 is 1.41 bits per heavy atom. The van der Waals surface area contributed by atoms with Crippen molar-refractivity contribution in [3.63, 3.8) is 0 Å². The molecule has 2 aromatic rings. The molecule has 1 atom stereocenters. The maximum Gasteiger partial charge on any atom is 0.263 e. The van der Waals surface area contributed by atoms with Crippen LogP contribution in [-0.2, 0) is 4.79 Å². The van der Waals surface area contributed by atoms with Crippen molar-refractivity contribution >= 4 is 11.7 Å². The number of amides is 1. The number of carbonyl (C=O) groups excluding carboxylic acids is 1. The van der Waals surface area contributed by atoms with Gasteiger partial charge < -0.3 is 10.1 Å². The molecule has 0 radical (unpaired) electrons. The average molecular weight is 298 g/mol. The number of aromatic nitrogens is 2. The summed E-state index contributed by atoms with van der Waals surface area (Å²) in [5, 5.41) is 15.7. The van der Waals surface area contributed by atoms with Crippen LogP contribution in [0.2, 0.25) is 0 Å². The number of carbonyl (C=O) groups is 1. The molecule has 0 spiro atoms. The van der Waals surface area contributed by atoms with Crippen molar-refractivity contribution in [2.75, 3.05) is 11.9 Å². The summed E-state index contributed by atoms with van der Waals surface area (Å²) in [6, 6.07) is 10.6. The second-order valence-corrected chi connectivity index (χ2v) is 4.89. The molecule has 0 aliphatic heterocycles. The van der Waals surface area contributed by atoms with Crippen molar-refractivity contribution in [2.24, 2.45) is 0 Å². The molecular weight excluding hydrogens is 280 g/mol. The minimum absolute atomic E-state index is 0.0996. The first-order valence-corrected chi connectivity index (χ1v) is 7.10. The Morgan fingerprint density at radius 2 is 2.14 bits per heavy atom. The molecule has 0 bridgehead atoms. The lowest BCUT2D eigenvalue weighted by Gasteiger charge is -2.14. The summed E-state index contributed by atoms with van der Waals surface area (Å²) in [5.74, 6) is 0.946. The number of hydrogen-bond donors (Lipinski definition) is 1. The molecule has 6 heteroatoms. The first-order valence-electron chi connectivity index (χ1n) is 7.10. The van der Waals surface area contributed by atoms with E-state index >= 15 is 0 Å². The molecule has 1 N–H and O–H groups in total. The molecule has 2 rings (SSSR count). The molecule has 0 fully saturated rings. The van der Waals surface area contributed by atoms with Crippen molar-refractivity contribution in [1.82, 2.24) is 9.78 Å². The third-order valence-electron chi connectivity index (χ3n) is 3.30. The Labute approximate surface area is 129 Å². The van der Waals surface area contributed by atoms with E-state index in [0.29, 0.717) is 17.1 Å². The van der Waals surface area contributed by atoms with E-state index in [1.54, 1.807) is 41.2 Å². The highest BCUT2D eigenvalue weighted by Gasteiger charge is 2.11. The zero-order chi connectivity index (χ0) is 15.9. The maximum absolute atomic E-state index is 11.9. The van der Waals surface area contributed by atoms with Gasteiger partial charge in [0, 0.05) is 6.07 Å². The lowest BCUT2D eigenvalue weighted by atomic mass is 10.2. The Bertz CT molecular complexity index is 670. The summed E-state index contributed by atoms with van der Waals surface area (Å²) in [5.41, 5.74) is 0.550. The Morgan fingerprint density at radius 3 is 2.77 bits per heavy atom. The smallest absolute Gasteiger partial charge is 0.263 e. The number of benzene rings is 1. The third kappa shape index (κ3) is 3.85. The van der Waals surface area contributed by atoms with E-state index in [0.717, 1.165) is 6.42 Å². The normalized spacial score (nSPS) is 11.5. The largest absolute Gasteiger partial charge is 0.484 e. The van der Waals surface area contributed by atoms with E-state index in [9.17, 15) is 4.79 Å². The van der Waals surface area contributed by atoms with Gasteiger partial charge in [0.1, 0.15) is 11.6 Å². The molecule has 22 heavy (non-hydrogen) atoms. The quantitative estimate of drug-likeness (QED) is 0.889. The molecular formula is C16H18N4O2. The number of nitrogens with one attached hydrogen (secondary N) is 1. The van der Waals surface area contributed by atoms with Gasteiger partial charge in [-0.3, -0.25) is 4.79 Å². The second kappa shape index (κ2) is 7.27. The summed E-state index contributed by atoms with van der Waals surface area (Å²) >= 11 is 0. The number of anilines is 1. The number of nitriles is 1. The molecule has 1 aromatic carbocycles. The molecule has 0 aliphatic rings. The number of nitrogens with zero attached hydrogens (tertiary/aromatic N) is 3. The van der Waals surface area contributed by atoms with Crippen LogP contribution in [0.25, 0.3) is 0 Å². The molecule has 114 valence electrons. The third-order valence-corrected chi connectivity index (χ3v) is 3.30. The SMILES string of the molecule is CCC(C)n1nccc1NC(=O)COc1ccc(C#N)cc1. The van der Waals surface area contributed by atoms with Gasteiger partial charge in [0.05, 0.1) is 23.9 Å². The fourth-order valence-electron chi connectivity index (χ4n) is 1.89. The van der Waals surface area contributed by atoms with Crippen LogP contribution in [-0.4, -0.2) is 22.3 Å². The lowest BCUT2D eigenvalue weighted by Crippen LogP contribution is -2.22. The molecule has 1 unspecified atom stereocenters. The van der Waals surface area contributed by atoms with Crippen LogP contribution >= 0.6 is 0 Å². The molecule has 0 saturated carbocycles. The molecule has 6 nitrogen and oxygen atoms in total. The minimum atomic E-state index is -0.255. The van der Waals surface area contributed by atoms with Crippen LogP contribution in [0.5, 0.6) is 5.75 Å². The fourth-order valence-corrected chi connectivity index (χ4v) is 1.89. The molecule has 1 amide bonds. The number of rotatable bonds is 6. The first kappa shape index (κ1) is 15.6. The van der Waals surface area contributed by atoms with Gasteiger partial charge in [-0.1, -0.05) is 6.92 Å². The lowest BCUT2D eigenvalue weighted by molar-refractivity contribution is -0.118. The van der Waals surface area contributed by atoms with Gasteiger partial charge in [-0.15, -0.1) is 0 Å². The van der Waals surface area contributed by atoms with Crippen LogP contribution in [0.1, 0.15) is 31.9 Å². The van der Waals surface area contributed by atoms with Gasteiger partial charge >= 0.3 is 0 Å². The van der Waals surface area contributed by atoms with Crippen LogP contribution in [0, 0.1) is 11.3 Å². The monoisotopic (exact) mass is 298 g/mol. The van der Waals surface area contributed by atoms with Crippen molar-refractivity contribution < 1.29 is 9.53 Å². The van der Waals surface area contributed by atoms with Crippen molar-refractivity contribution in [3.05, 3.63) is 42.1 Å². The van der Waals surface area contributed by atoms with E-state index in [4.69, 9.17) is 10.00 Å². The highest BCUT2D eigenvalue weighted by molar-refractivity contribution is 5.91. The molecule has 0 aliphatic carbocycles. The van der Waals surface area contributed by atoms with E-state index < -0.39 is 0 Å². The van der Waals surface area contributed by atoms with Gasteiger partial charge in [0.25, 0.3) is 5.91 Å². The zero-order valence-corrected chi connectivity index (χ0v) is 12.6. The Kier molecular flexibility index (Phi) is 5.15. The zero-order valence-electron chi connectivity index (χ0n) is 12.6. The van der Waals surface area contributed by atoms with E-state index in [2.05, 4.69) is 17.3 Å². The summed E-state index contributed by atoms with van der Waals surface area (Å²) in [4.78, 5) is 11.9. The summed E-state index contributed by atoms with van der Waals surface area (Å²) in [6.07, 6.45) is 2.58. The van der Waals surface area contributed by atoms with Crippen LogP contribution in [0.15, 0.2) is 36.5 Å². The Hall–Kier alpha value is -2.81. The average Bonchev–Trinajstić information content (AvgIpc) is 3.00. The van der Waals surface area contributed by atoms with Crippen LogP contribution in [0.4, 0.5) is 5.82 Å². The van der Waals surface area contributed by atoms with E-state index in [1.165, 1.54) is 0 Å². The minimum Gasteiger partial charge on any atom is -0.484 e. The van der Waals surface area contributed by atoms with E-state index in [1.807, 2.05) is 13.0 Å². The first-order chi connectivity index (χ1) is 10.6. The predicted octanol–water partition coefficient (Wildman–Crippen LogP) is 2.74. The Balaban J connectivity index is 1.90. The van der Waals surface area contributed by atoms with Crippen LogP contribution in [0.3, 0.4) is 0 Å². The van der Waals surface area contributed by atoms with Gasteiger partial charge in [-0.2, -0.15) is 10.4 Å². The van der Waals surface area contributed by atoms with Crippen molar-refractivity contribution in [3.8, 4) is 11.8 Å². The topological polar surface area (TPSA) is 79.9 Å². The van der Waals surface area contributed by atoms with Gasteiger partial charge in [0.15, 0.2) is 6.61 Å². The number of hydrogen-bond acceptors (Lipinski definition) is 4. The standard InChI is InChI=1S/C16H18N4O2/c1-3-12(2)20-15(8-9-18-20)19-16(21)11-22-14-6-4-13(10-17)5-7-14/h4-9,12H,3,11H2,1-2H3,(H,19,21). The summed E-state index contributed by atoms with van der Waals surface area (Å²) < 4.78 is 7.17. The maximum atomic E-state index is 11.9. The fraction of sp³-hybridized carbons (Fsp3) is 0.312. The van der Waals surface area contributed by atoms with E-state index in [-0.39, 0.29) is 18.6 Å². The van der Waals surface area contributed by atoms with Crippen LogP contribution < -0.4 is 10.1 Å². The van der Waals surface area contributed by atoms with Gasteiger partial charge in [-0.05, 0) is 37.6 Å².